The topological polar surface area (TPSA) is 51.2 Å². The van der Waals surface area contributed by atoms with Crippen molar-refractivity contribution < 1.29 is 5.11 Å². The molecule has 0 spiro atoms. The van der Waals surface area contributed by atoms with Gasteiger partial charge in [-0.25, -0.2) is 0 Å². The Hall–Kier alpha value is -1.84. The van der Waals surface area contributed by atoms with Gasteiger partial charge in [0.1, 0.15) is 0 Å². The van der Waals surface area contributed by atoms with E-state index in [1.54, 1.807) is 0 Å². The van der Waals surface area contributed by atoms with Crippen LogP contribution in [-0.4, -0.2) is 15.8 Å². The van der Waals surface area contributed by atoms with Gasteiger partial charge in [-0.3, -0.25) is 0 Å². The summed E-state index contributed by atoms with van der Waals surface area (Å²) in [5.74, 6) is 0.192. The summed E-state index contributed by atoms with van der Waals surface area (Å²) in [6.07, 6.45) is 0.406. The lowest BCUT2D eigenvalue weighted by molar-refractivity contribution is 0.0880. The number of benzene rings is 2. The predicted molar refractivity (Wildman–Crippen MR) is 97.5 cm³/mol. The third kappa shape index (κ3) is 2.64. The van der Waals surface area contributed by atoms with Crippen LogP contribution in [0.1, 0.15) is 38.8 Å². The Morgan fingerprint density at radius 1 is 1.04 bits per heavy atom. The van der Waals surface area contributed by atoms with Gasteiger partial charge in [-0.2, -0.15) is 0 Å². The molecule has 1 heterocycles. The lowest BCUT2D eigenvalue weighted by Crippen LogP contribution is -2.31. The molecule has 0 fully saturated rings. The third-order valence-corrected chi connectivity index (χ3v) is 5.09. The lowest BCUT2D eigenvalue weighted by atomic mass is 9.91. The molecule has 3 nitrogen and oxygen atoms in total. The second-order valence-corrected chi connectivity index (χ2v) is 6.44. The number of fused-ring (bicyclic) bond motifs is 3. The van der Waals surface area contributed by atoms with Crippen LogP contribution in [-0.2, 0) is 6.54 Å². The molecule has 23 heavy (non-hydrogen) atoms. The van der Waals surface area contributed by atoms with Crippen molar-refractivity contribution in [1.29, 1.82) is 0 Å². The molecule has 1 unspecified atom stereocenters. The van der Waals surface area contributed by atoms with E-state index < -0.39 is 6.10 Å². The number of aromatic nitrogens is 1. The summed E-state index contributed by atoms with van der Waals surface area (Å²) in [4.78, 5) is 0. The van der Waals surface area contributed by atoms with Crippen LogP contribution in [0.2, 0.25) is 0 Å². The Kier molecular flexibility index (Phi) is 4.42. The summed E-state index contributed by atoms with van der Waals surface area (Å²) in [5.41, 5.74) is 9.81. The Morgan fingerprint density at radius 2 is 1.74 bits per heavy atom. The molecular formula is C20H26N2O. The van der Waals surface area contributed by atoms with Gasteiger partial charge in [-0.15, -0.1) is 0 Å². The number of para-hydroxylation sites is 1. The summed E-state index contributed by atoms with van der Waals surface area (Å²) in [6.45, 7) is 7.23. The molecule has 0 aliphatic carbocycles. The summed E-state index contributed by atoms with van der Waals surface area (Å²) in [6, 6.07) is 14.5. The zero-order valence-electron chi connectivity index (χ0n) is 14.2. The van der Waals surface area contributed by atoms with Crippen molar-refractivity contribution in [2.24, 2.45) is 11.7 Å². The predicted octanol–water partition coefficient (Wildman–Crippen LogP) is 4.22. The summed E-state index contributed by atoms with van der Waals surface area (Å²) >= 11 is 0. The molecule has 122 valence electrons. The van der Waals surface area contributed by atoms with Gasteiger partial charge in [0.2, 0.25) is 0 Å². The highest BCUT2D eigenvalue weighted by Gasteiger charge is 2.22. The van der Waals surface area contributed by atoms with Crippen LogP contribution < -0.4 is 5.73 Å². The SMILES string of the molecule is CCC(C)[C@@H](O)[C@@H](N)c1ccc2c(c1)c1ccccc1n2CC. The largest absolute Gasteiger partial charge is 0.391 e. The molecule has 0 amide bonds. The average Bonchev–Trinajstić information content (AvgIpc) is 2.92. The van der Waals surface area contributed by atoms with Crippen LogP contribution in [0.5, 0.6) is 0 Å². The number of rotatable bonds is 5. The van der Waals surface area contributed by atoms with Crippen molar-refractivity contribution in [2.75, 3.05) is 0 Å². The van der Waals surface area contributed by atoms with Gasteiger partial charge in [-0.05, 0) is 36.6 Å². The van der Waals surface area contributed by atoms with E-state index in [4.69, 9.17) is 5.73 Å². The normalized spacial score (nSPS) is 15.9. The summed E-state index contributed by atoms with van der Waals surface area (Å²) < 4.78 is 2.32. The first-order valence-electron chi connectivity index (χ1n) is 8.53. The second kappa shape index (κ2) is 6.34. The molecule has 3 heteroatoms. The smallest absolute Gasteiger partial charge is 0.0758 e. The fraction of sp³-hybridized carbons (Fsp3) is 0.400. The molecule has 3 rings (SSSR count). The number of aliphatic hydroxyl groups is 1. The minimum atomic E-state index is -0.517. The molecule has 0 saturated carbocycles. The van der Waals surface area contributed by atoms with Gasteiger partial charge in [0, 0.05) is 28.4 Å². The van der Waals surface area contributed by atoms with Crippen LogP contribution in [0.3, 0.4) is 0 Å². The minimum Gasteiger partial charge on any atom is -0.391 e. The highest BCUT2D eigenvalue weighted by Crippen LogP contribution is 2.32. The van der Waals surface area contributed by atoms with Crippen LogP contribution in [0.4, 0.5) is 0 Å². The lowest BCUT2D eigenvalue weighted by Gasteiger charge is -2.24. The van der Waals surface area contributed by atoms with Gasteiger partial charge in [0.05, 0.1) is 12.1 Å². The minimum absolute atomic E-state index is 0.192. The molecule has 0 saturated heterocycles. The highest BCUT2D eigenvalue weighted by molar-refractivity contribution is 6.08. The van der Waals surface area contributed by atoms with Gasteiger partial charge < -0.3 is 15.4 Å². The maximum Gasteiger partial charge on any atom is 0.0758 e. The van der Waals surface area contributed by atoms with Crippen LogP contribution in [0.15, 0.2) is 42.5 Å². The molecule has 0 bridgehead atoms. The molecule has 0 aliphatic heterocycles. The first-order chi connectivity index (χ1) is 11.1. The first kappa shape index (κ1) is 16.0. The monoisotopic (exact) mass is 310 g/mol. The Bertz CT molecular complexity index is 821. The zero-order chi connectivity index (χ0) is 16.6. The molecule has 3 atom stereocenters. The van der Waals surface area contributed by atoms with E-state index in [0.29, 0.717) is 0 Å². The Labute approximate surface area is 137 Å². The Balaban J connectivity index is 2.14. The van der Waals surface area contributed by atoms with E-state index in [0.717, 1.165) is 18.5 Å². The van der Waals surface area contributed by atoms with Crippen LogP contribution in [0.25, 0.3) is 21.8 Å². The van der Waals surface area contributed by atoms with E-state index in [1.165, 1.54) is 21.8 Å². The third-order valence-electron chi connectivity index (χ3n) is 5.09. The molecule has 0 radical (unpaired) electrons. The molecule has 0 aliphatic rings. The molecule has 1 aromatic heterocycles. The van der Waals surface area contributed by atoms with Crippen LogP contribution in [0, 0.1) is 5.92 Å². The van der Waals surface area contributed by atoms with E-state index in [1.807, 2.05) is 6.92 Å². The van der Waals surface area contributed by atoms with Crippen molar-refractivity contribution >= 4 is 21.8 Å². The highest BCUT2D eigenvalue weighted by atomic mass is 16.3. The van der Waals surface area contributed by atoms with Gasteiger partial charge in [0.15, 0.2) is 0 Å². The van der Waals surface area contributed by atoms with Gasteiger partial charge in [-0.1, -0.05) is 44.5 Å². The first-order valence-corrected chi connectivity index (χ1v) is 8.53. The van der Waals surface area contributed by atoms with Gasteiger partial charge in [0.25, 0.3) is 0 Å². The number of nitrogens with two attached hydrogens (primary N) is 1. The molecule has 2 aromatic carbocycles. The summed E-state index contributed by atoms with van der Waals surface area (Å²) in [5, 5.41) is 12.9. The average molecular weight is 310 g/mol. The van der Waals surface area contributed by atoms with Crippen molar-refractivity contribution in [3.63, 3.8) is 0 Å². The second-order valence-electron chi connectivity index (χ2n) is 6.44. The molecule has 3 aromatic rings. The Morgan fingerprint density at radius 3 is 2.43 bits per heavy atom. The number of hydrogen-bond donors (Lipinski definition) is 2. The maximum atomic E-state index is 10.4. The van der Waals surface area contributed by atoms with Crippen molar-refractivity contribution in [3.05, 3.63) is 48.0 Å². The standard InChI is InChI=1S/C20H26N2O/c1-4-13(3)20(23)19(21)14-10-11-18-16(12-14)15-8-6-7-9-17(15)22(18)5-2/h6-13,19-20,23H,4-5,21H2,1-3H3/t13?,19-,20+/m0/s1. The van der Waals surface area contributed by atoms with Crippen molar-refractivity contribution in [1.82, 2.24) is 4.57 Å². The van der Waals surface area contributed by atoms with Crippen LogP contribution >= 0.6 is 0 Å². The fourth-order valence-corrected chi connectivity index (χ4v) is 3.41. The number of nitrogens with zero attached hydrogens (tertiary/aromatic N) is 1. The molecular weight excluding hydrogens is 284 g/mol. The number of aryl methyl sites for hydroxylation is 1. The van der Waals surface area contributed by atoms with Crippen molar-refractivity contribution in [2.45, 2.75) is 45.9 Å². The molecule has 3 N–H and O–H groups in total. The zero-order valence-corrected chi connectivity index (χ0v) is 14.2. The van der Waals surface area contributed by atoms with E-state index in [2.05, 4.69) is 60.9 Å². The fourth-order valence-electron chi connectivity index (χ4n) is 3.41. The van der Waals surface area contributed by atoms with E-state index in [-0.39, 0.29) is 12.0 Å². The summed E-state index contributed by atoms with van der Waals surface area (Å²) in [7, 11) is 0. The van der Waals surface area contributed by atoms with Gasteiger partial charge >= 0.3 is 0 Å². The maximum absolute atomic E-state index is 10.4. The number of hydrogen-bond acceptors (Lipinski definition) is 2. The van der Waals surface area contributed by atoms with E-state index >= 15 is 0 Å². The van der Waals surface area contributed by atoms with Crippen molar-refractivity contribution in [3.8, 4) is 0 Å². The quantitative estimate of drug-likeness (QED) is 0.741. The van der Waals surface area contributed by atoms with E-state index in [9.17, 15) is 5.11 Å². The number of aliphatic hydroxyl groups excluding tert-OH is 1.